The summed E-state index contributed by atoms with van der Waals surface area (Å²) in [6.07, 6.45) is 3.61. The zero-order chi connectivity index (χ0) is 15.7. The fourth-order valence-corrected chi connectivity index (χ4v) is 3.00. The van der Waals surface area contributed by atoms with Crippen LogP contribution in [0, 0.1) is 5.92 Å². The van der Waals surface area contributed by atoms with Gasteiger partial charge in [-0.25, -0.2) is 0 Å². The fraction of sp³-hybridized carbons (Fsp3) is 0.938. The zero-order valence-corrected chi connectivity index (χ0v) is 14.2. The summed E-state index contributed by atoms with van der Waals surface area (Å²) in [6.45, 7) is 10.6. The van der Waals surface area contributed by atoms with Gasteiger partial charge in [0.05, 0.1) is 13.2 Å². The number of amides is 1. The number of likely N-dealkylation sites (tertiary alicyclic amines) is 1. The number of carbonyl (C=O) groups is 1. The molecule has 0 bridgehead atoms. The lowest BCUT2D eigenvalue weighted by Crippen LogP contribution is -2.48. The summed E-state index contributed by atoms with van der Waals surface area (Å²) in [5.41, 5.74) is 0. The minimum Gasteiger partial charge on any atom is -0.383 e. The largest absolute Gasteiger partial charge is 0.383 e. The molecular weight excluding hydrogens is 266 g/mol. The number of carbonyl (C=O) groups excluding carboxylic acids is 1. The van der Waals surface area contributed by atoms with E-state index in [4.69, 9.17) is 4.74 Å². The van der Waals surface area contributed by atoms with Crippen LogP contribution in [-0.2, 0) is 9.53 Å². The van der Waals surface area contributed by atoms with Gasteiger partial charge in [0.25, 0.3) is 0 Å². The predicted octanol–water partition coefficient (Wildman–Crippen LogP) is 1.24. The van der Waals surface area contributed by atoms with E-state index in [0.29, 0.717) is 25.1 Å². The topological polar surface area (TPSA) is 53.6 Å². The summed E-state index contributed by atoms with van der Waals surface area (Å²) in [7, 11) is 1.66. The highest BCUT2D eigenvalue weighted by molar-refractivity contribution is 5.78. The Bertz CT molecular complexity index is 299. The van der Waals surface area contributed by atoms with Crippen molar-refractivity contribution in [3.8, 4) is 0 Å². The van der Waals surface area contributed by atoms with E-state index in [2.05, 4.69) is 29.4 Å². The van der Waals surface area contributed by atoms with E-state index in [1.54, 1.807) is 7.11 Å². The highest BCUT2D eigenvalue weighted by atomic mass is 16.5. The van der Waals surface area contributed by atoms with Crippen LogP contribution in [0.5, 0.6) is 0 Å². The number of nitrogens with zero attached hydrogens (tertiary/aromatic N) is 1. The van der Waals surface area contributed by atoms with Gasteiger partial charge in [-0.15, -0.1) is 0 Å². The molecule has 0 aliphatic carbocycles. The zero-order valence-electron chi connectivity index (χ0n) is 14.2. The lowest BCUT2D eigenvalue weighted by molar-refractivity contribution is -0.123. The monoisotopic (exact) mass is 299 g/mol. The number of ether oxygens (including phenoxy) is 1. The van der Waals surface area contributed by atoms with Gasteiger partial charge in [-0.1, -0.05) is 6.92 Å². The predicted molar refractivity (Wildman–Crippen MR) is 86.4 cm³/mol. The third kappa shape index (κ3) is 7.25. The maximum absolute atomic E-state index is 12.0. The van der Waals surface area contributed by atoms with E-state index in [-0.39, 0.29) is 11.9 Å². The lowest BCUT2D eigenvalue weighted by Gasteiger charge is -2.36. The molecule has 0 spiro atoms. The van der Waals surface area contributed by atoms with E-state index in [0.717, 1.165) is 19.6 Å². The van der Waals surface area contributed by atoms with Crippen LogP contribution in [0.4, 0.5) is 0 Å². The first-order chi connectivity index (χ1) is 10.1. The second-order valence-electron chi connectivity index (χ2n) is 6.30. The second-order valence-corrected chi connectivity index (χ2v) is 6.30. The number of nitrogens with one attached hydrogen (secondary N) is 2. The molecule has 1 saturated heterocycles. The summed E-state index contributed by atoms with van der Waals surface area (Å²) >= 11 is 0. The number of hydrogen-bond donors (Lipinski definition) is 2. The van der Waals surface area contributed by atoms with Crippen molar-refractivity contribution in [3.63, 3.8) is 0 Å². The maximum atomic E-state index is 12.0. The van der Waals surface area contributed by atoms with Crippen molar-refractivity contribution >= 4 is 5.91 Å². The molecule has 3 atom stereocenters. The Labute approximate surface area is 129 Å². The van der Waals surface area contributed by atoms with Gasteiger partial charge in [-0.05, 0) is 52.1 Å². The Morgan fingerprint density at radius 1 is 1.43 bits per heavy atom. The van der Waals surface area contributed by atoms with Gasteiger partial charge in [-0.2, -0.15) is 0 Å². The van der Waals surface area contributed by atoms with Gasteiger partial charge >= 0.3 is 0 Å². The normalized spacial score (nSPS) is 22.8. The van der Waals surface area contributed by atoms with Crippen LogP contribution in [0.2, 0.25) is 0 Å². The highest BCUT2D eigenvalue weighted by Crippen LogP contribution is 2.19. The van der Waals surface area contributed by atoms with Crippen molar-refractivity contribution < 1.29 is 9.53 Å². The third-order valence-corrected chi connectivity index (χ3v) is 4.16. The maximum Gasteiger partial charge on any atom is 0.234 e. The number of hydrogen-bond acceptors (Lipinski definition) is 4. The summed E-state index contributed by atoms with van der Waals surface area (Å²) in [5.74, 6) is 0.754. The number of methoxy groups -OCH3 is 1. The van der Waals surface area contributed by atoms with E-state index < -0.39 is 0 Å². The van der Waals surface area contributed by atoms with Crippen LogP contribution in [0.15, 0.2) is 0 Å². The first kappa shape index (κ1) is 18.4. The average Bonchev–Trinajstić information content (AvgIpc) is 2.45. The van der Waals surface area contributed by atoms with Crippen LogP contribution in [0.25, 0.3) is 0 Å². The minimum atomic E-state index is 0.0771. The molecule has 124 valence electrons. The summed E-state index contributed by atoms with van der Waals surface area (Å²) in [5, 5.41) is 6.57. The third-order valence-electron chi connectivity index (χ3n) is 4.16. The molecule has 3 unspecified atom stereocenters. The molecule has 2 N–H and O–H groups in total. The van der Waals surface area contributed by atoms with E-state index in [9.17, 15) is 4.79 Å². The molecule has 1 fully saturated rings. The summed E-state index contributed by atoms with van der Waals surface area (Å²) in [6, 6.07) is 0.608. The molecule has 0 aromatic heterocycles. The second kappa shape index (κ2) is 10.1. The van der Waals surface area contributed by atoms with Crippen LogP contribution < -0.4 is 10.6 Å². The Hall–Kier alpha value is -0.650. The Balaban J connectivity index is 2.33. The van der Waals surface area contributed by atoms with E-state index >= 15 is 0 Å². The Morgan fingerprint density at radius 3 is 2.86 bits per heavy atom. The number of rotatable bonds is 9. The molecule has 5 heteroatoms. The molecule has 21 heavy (non-hydrogen) atoms. The molecule has 1 heterocycles. The molecular formula is C16H33N3O2. The number of piperidine rings is 1. The van der Waals surface area contributed by atoms with Crippen LogP contribution in [-0.4, -0.2) is 62.8 Å². The molecule has 0 aromatic rings. The quantitative estimate of drug-likeness (QED) is 0.672. The van der Waals surface area contributed by atoms with Gasteiger partial charge in [0.1, 0.15) is 0 Å². The van der Waals surface area contributed by atoms with E-state index in [1.807, 2.05) is 6.92 Å². The molecule has 1 aliphatic heterocycles. The van der Waals surface area contributed by atoms with Crippen molar-refractivity contribution in [3.05, 3.63) is 0 Å². The molecule has 5 nitrogen and oxygen atoms in total. The Kier molecular flexibility index (Phi) is 8.88. The molecule has 1 aliphatic rings. The fourth-order valence-electron chi connectivity index (χ4n) is 3.00. The average molecular weight is 299 g/mol. The van der Waals surface area contributed by atoms with Crippen LogP contribution >= 0.6 is 0 Å². The van der Waals surface area contributed by atoms with Gasteiger partial charge in [-0.3, -0.25) is 9.69 Å². The van der Waals surface area contributed by atoms with Crippen molar-refractivity contribution in [2.45, 2.75) is 52.1 Å². The molecule has 1 rings (SSSR count). The van der Waals surface area contributed by atoms with Crippen molar-refractivity contribution in [2.75, 3.05) is 39.9 Å². The highest BCUT2D eigenvalue weighted by Gasteiger charge is 2.25. The molecule has 0 saturated carbocycles. The van der Waals surface area contributed by atoms with Crippen molar-refractivity contribution in [2.24, 2.45) is 5.92 Å². The molecule has 0 aromatic carbocycles. The molecule has 1 amide bonds. The van der Waals surface area contributed by atoms with Crippen LogP contribution in [0.1, 0.15) is 40.0 Å². The smallest absolute Gasteiger partial charge is 0.234 e. The first-order valence-electron chi connectivity index (χ1n) is 8.30. The first-order valence-corrected chi connectivity index (χ1v) is 8.30. The van der Waals surface area contributed by atoms with Gasteiger partial charge in [0.2, 0.25) is 5.91 Å². The minimum absolute atomic E-state index is 0.0771. The van der Waals surface area contributed by atoms with E-state index in [1.165, 1.54) is 19.3 Å². The lowest BCUT2D eigenvalue weighted by atomic mass is 9.91. The van der Waals surface area contributed by atoms with Crippen molar-refractivity contribution in [1.29, 1.82) is 0 Å². The van der Waals surface area contributed by atoms with Gasteiger partial charge in [0, 0.05) is 25.7 Å². The van der Waals surface area contributed by atoms with Gasteiger partial charge in [0.15, 0.2) is 0 Å². The summed E-state index contributed by atoms with van der Waals surface area (Å²) in [4.78, 5) is 14.3. The molecule has 0 radical (unpaired) electrons. The van der Waals surface area contributed by atoms with Crippen molar-refractivity contribution in [1.82, 2.24) is 15.5 Å². The summed E-state index contributed by atoms with van der Waals surface area (Å²) < 4.78 is 5.04. The standard InChI is InChI=1S/C16H33N3O2/c1-5-8-17-14(3)15-7-6-9-19(10-15)11-16(20)18-13(2)12-21-4/h13-15,17H,5-12H2,1-4H3,(H,18,20). The Morgan fingerprint density at radius 2 is 2.19 bits per heavy atom. The van der Waals surface area contributed by atoms with Gasteiger partial charge < -0.3 is 15.4 Å². The van der Waals surface area contributed by atoms with Crippen LogP contribution in [0.3, 0.4) is 0 Å². The SMILES string of the molecule is CCCNC(C)C1CCCN(CC(=O)NC(C)COC)C1.